The highest BCUT2D eigenvalue weighted by Gasteiger charge is 2.38. The Balaban J connectivity index is 1.98. The van der Waals surface area contributed by atoms with Gasteiger partial charge >= 0.3 is 5.97 Å². The Morgan fingerprint density at radius 3 is 2.57 bits per heavy atom. The zero-order chi connectivity index (χ0) is 21.5. The Kier molecular flexibility index (Phi) is 5.43. The number of carbonyl (C=O) groups is 1. The molecule has 2 heterocycles. The van der Waals surface area contributed by atoms with Gasteiger partial charge in [-0.25, -0.2) is 4.79 Å². The van der Waals surface area contributed by atoms with Crippen LogP contribution in [0.25, 0.3) is 22.0 Å². The van der Waals surface area contributed by atoms with Crippen molar-refractivity contribution in [2.24, 2.45) is 0 Å². The predicted molar refractivity (Wildman–Crippen MR) is 118 cm³/mol. The molecule has 158 valence electrons. The molecular formula is C25H29NO4. The minimum Gasteiger partial charge on any atom is -0.478 e. The summed E-state index contributed by atoms with van der Waals surface area (Å²) in [6, 6.07) is 11.5. The summed E-state index contributed by atoms with van der Waals surface area (Å²) in [7, 11) is 0. The van der Waals surface area contributed by atoms with Crippen LogP contribution in [-0.4, -0.2) is 34.4 Å². The molecule has 3 aromatic rings. The van der Waals surface area contributed by atoms with Crippen LogP contribution < -0.4 is 0 Å². The minimum atomic E-state index is -0.924. The van der Waals surface area contributed by atoms with Gasteiger partial charge in [0.15, 0.2) is 0 Å². The van der Waals surface area contributed by atoms with Crippen molar-refractivity contribution >= 4 is 16.9 Å². The lowest BCUT2D eigenvalue weighted by Gasteiger charge is -2.36. The molecular weight excluding hydrogens is 378 g/mol. The second-order valence-electron chi connectivity index (χ2n) is 8.43. The molecule has 1 aliphatic rings. The molecule has 1 aromatic heterocycles. The maximum Gasteiger partial charge on any atom is 0.335 e. The Morgan fingerprint density at radius 2 is 1.97 bits per heavy atom. The SMILES string of the molecule is CCC1(CCO)OCCc2c1[nH]c1c(-c3ccc(C(=O)O)cc3)cc(C(C)C)cc21. The van der Waals surface area contributed by atoms with Crippen LogP contribution in [0.15, 0.2) is 36.4 Å². The lowest BCUT2D eigenvalue weighted by Crippen LogP contribution is -2.36. The van der Waals surface area contributed by atoms with E-state index >= 15 is 0 Å². The molecule has 0 spiro atoms. The second-order valence-corrected chi connectivity index (χ2v) is 8.43. The van der Waals surface area contributed by atoms with E-state index in [0.717, 1.165) is 35.2 Å². The van der Waals surface area contributed by atoms with Crippen molar-refractivity contribution in [1.82, 2.24) is 4.98 Å². The average molecular weight is 408 g/mol. The molecule has 5 nitrogen and oxygen atoms in total. The van der Waals surface area contributed by atoms with Gasteiger partial charge in [-0.05, 0) is 59.7 Å². The molecule has 1 aliphatic heterocycles. The maximum atomic E-state index is 11.3. The fourth-order valence-electron chi connectivity index (χ4n) is 4.63. The summed E-state index contributed by atoms with van der Waals surface area (Å²) >= 11 is 0. The molecule has 30 heavy (non-hydrogen) atoms. The first-order chi connectivity index (χ1) is 14.4. The normalized spacial score (nSPS) is 18.7. The van der Waals surface area contributed by atoms with Crippen LogP contribution in [0.5, 0.6) is 0 Å². The number of carboxylic acid groups (broad SMARTS) is 1. The number of H-pyrrole nitrogens is 1. The molecule has 5 heteroatoms. The molecule has 0 amide bonds. The van der Waals surface area contributed by atoms with Gasteiger partial charge in [0.05, 0.1) is 23.4 Å². The van der Waals surface area contributed by atoms with Crippen molar-refractivity contribution in [1.29, 1.82) is 0 Å². The van der Waals surface area contributed by atoms with Crippen molar-refractivity contribution in [2.45, 2.75) is 51.6 Å². The third kappa shape index (κ3) is 3.32. The zero-order valence-corrected chi connectivity index (χ0v) is 17.8. The molecule has 0 bridgehead atoms. The number of aromatic amines is 1. The zero-order valence-electron chi connectivity index (χ0n) is 17.8. The molecule has 0 saturated heterocycles. The van der Waals surface area contributed by atoms with E-state index in [1.54, 1.807) is 12.1 Å². The number of rotatable bonds is 6. The van der Waals surface area contributed by atoms with E-state index in [9.17, 15) is 15.0 Å². The fourth-order valence-corrected chi connectivity index (χ4v) is 4.63. The molecule has 3 N–H and O–H groups in total. The number of ether oxygens (including phenoxy) is 1. The van der Waals surface area contributed by atoms with E-state index in [1.807, 2.05) is 12.1 Å². The number of hydrogen-bond donors (Lipinski definition) is 3. The van der Waals surface area contributed by atoms with Gasteiger partial charge in [-0.3, -0.25) is 0 Å². The Morgan fingerprint density at radius 1 is 1.23 bits per heavy atom. The Bertz CT molecular complexity index is 1080. The number of aromatic carboxylic acids is 1. The third-order valence-electron chi connectivity index (χ3n) is 6.42. The number of aliphatic hydroxyl groups excluding tert-OH is 1. The fraction of sp³-hybridized carbons (Fsp3) is 0.400. The van der Waals surface area contributed by atoms with E-state index in [0.29, 0.717) is 18.9 Å². The van der Waals surface area contributed by atoms with Gasteiger partial charge in [0.2, 0.25) is 0 Å². The van der Waals surface area contributed by atoms with Gasteiger partial charge in [-0.1, -0.05) is 32.9 Å². The highest BCUT2D eigenvalue weighted by Crippen LogP contribution is 2.44. The smallest absolute Gasteiger partial charge is 0.335 e. The Hall–Kier alpha value is -2.63. The van der Waals surface area contributed by atoms with E-state index in [1.165, 1.54) is 16.5 Å². The Labute approximate surface area is 176 Å². The van der Waals surface area contributed by atoms with Gasteiger partial charge in [0, 0.05) is 24.0 Å². The van der Waals surface area contributed by atoms with Crippen LogP contribution in [0.2, 0.25) is 0 Å². The summed E-state index contributed by atoms with van der Waals surface area (Å²) < 4.78 is 6.22. The van der Waals surface area contributed by atoms with Crippen molar-refractivity contribution < 1.29 is 19.7 Å². The lowest BCUT2D eigenvalue weighted by atomic mass is 9.86. The number of aromatic nitrogens is 1. The van der Waals surface area contributed by atoms with Crippen LogP contribution in [-0.2, 0) is 16.8 Å². The summed E-state index contributed by atoms with van der Waals surface area (Å²) in [5, 5.41) is 20.1. The number of hydrogen-bond acceptors (Lipinski definition) is 3. The van der Waals surface area contributed by atoms with E-state index in [-0.39, 0.29) is 12.2 Å². The first-order valence-corrected chi connectivity index (χ1v) is 10.7. The van der Waals surface area contributed by atoms with Crippen molar-refractivity contribution in [3.8, 4) is 11.1 Å². The first-order valence-electron chi connectivity index (χ1n) is 10.7. The summed E-state index contributed by atoms with van der Waals surface area (Å²) in [6.45, 7) is 7.18. The molecule has 1 unspecified atom stereocenters. The van der Waals surface area contributed by atoms with E-state index in [4.69, 9.17) is 4.74 Å². The number of carboxylic acids is 1. The van der Waals surface area contributed by atoms with Crippen molar-refractivity contribution in [3.63, 3.8) is 0 Å². The number of nitrogens with one attached hydrogen (secondary N) is 1. The molecule has 2 aromatic carbocycles. The van der Waals surface area contributed by atoms with Crippen LogP contribution in [0, 0.1) is 0 Å². The van der Waals surface area contributed by atoms with Gasteiger partial charge in [-0.15, -0.1) is 0 Å². The quantitative estimate of drug-likeness (QED) is 0.523. The largest absolute Gasteiger partial charge is 0.478 e. The summed E-state index contributed by atoms with van der Waals surface area (Å²) in [5.74, 6) is -0.558. The van der Waals surface area contributed by atoms with E-state index in [2.05, 4.69) is 37.9 Å². The van der Waals surface area contributed by atoms with Gasteiger partial charge in [0.1, 0.15) is 5.60 Å². The lowest BCUT2D eigenvalue weighted by molar-refractivity contribution is -0.0795. The molecule has 0 radical (unpaired) electrons. The van der Waals surface area contributed by atoms with Crippen LogP contribution in [0.4, 0.5) is 0 Å². The monoisotopic (exact) mass is 407 g/mol. The number of fused-ring (bicyclic) bond motifs is 3. The first kappa shape index (κ1) is 20.6. The summed E-state index contributed by atoms with van der Waals surface area (Å²) in [6.07, 6.45) is 2.18. The number of benzene rings is 2. The van der Waals surface area contributed by atoms with Gasteiger partial charge < -0.3 is 19.9 Å². The molecule has 1 atom stereocenters. The average Bonchev–Trinajstić information content (AvgIpc) is 3.13. The van der Waals surface area contributed by atoms with Crippen LogP contribution in [0.1, 0.15) is 66.7 Å². The van der Waals surface area contributed by atoms with Gasteiger partial charge in [-0.2, -0.15) is 0 Å². The van der Waals surface area contributed by atoms with Crippen molar-refractivity contribution in [2.75, 3.05) is 13.2 Å². The highest BCUT2D eigenvalue weighted by molar-refractivity contribution is 5.98. The summed E-state index contributed by atoms with van der Waals surface area (Å²) in [4.78, 5) is 14.9. The standard InChI is InChI=1S/C25H29NO4/c1-4-25(10-11-27)23-19(9-12-30-25)21-14-18(15(2)3)13-20(22(21)26-23)16-5-7-17(8-6-16)24(28)29/h5-8,13-15,26-27H,4,9-12H2,1-3H3,(H,28,29). The minimum absolute atomic E-state index is 0.0728. The molecule has 0 fully saturated rings. The predicted octanol–water partition coefficient (Wildman–Crippen LogP) is 5.22. The number of aliphatic hydroxyl groups is 1. The topological polar surface area (TPSA) is 82.5 Å². The summed E-state index contributed by atoms with van der Waals surface area (Å²) in [5.41, 5.74) is 6.48. The van der Waals surface area contributed by atoms with Gasteiger partial charge in [0.25, 0.3) is 0 Å². The van der Waals surface area contributed by atoms with Crippen LogP contribution >= 0.6 is 0 Å². The molecule has 0 saturated carbocycles. The van der Waals surface area contributed by atoms with Crippen molar-refractivity contribution in [3.05, 3.63) is 58.8 Å². The highest BCUT2D eigenvalue weighted by atomic mass is 16.5. The van der Waals surface area contributed by atoms with E-state index < -0.39 is 11.6 Å². The maximum absolute atomic E-state index is 11.3. The van der Waals surface area contributed by atoms with Crippen LogP contribution in [0.3, 0.4) is 0 Å². The molecule has 0 aliphatic carbocycles. The second kappa shape index (κ2) is 7.89. The molecule has 4 rings (SSSR count). The third-order valence-corrected chi connectivity index (χ3v) is 6.42.